The Morgan fingerprint density at radius 2 is 1.96 bits per heavy atom. The van der Waals surface area contributed by atoms with Gasteiger partial charge < -0.3 is 9.64 Å². The molecule has 1 aromatic heterocycles. The predicted octanol–water partition coefficient (Wildman–Crippen LogP) is 3.72. The van der Waals surface area contributed by atoms with Gasteiger partial charge in [0, 0.05) is 43.2 Å². The lowest BCUT2D eigenvalue weighted by molar-refractivity contribution is 0.0632. The van der Waals surface area contributed by atoms with Crippen LogP contribution in [0, 0.1) is 12.7 Å². The van der Waals surface area contributed by atoms with Crippen LogP contribution in [0.1, 0.15) is 32.6 Å². The largest absolute Gasteiger partial charge is 0.496 e. The maximum Gasteiger partial charge on any atom is 0.264 e. The van der Waals surface area contributed by atoms with Gasteiger partial charge in [-0.1, -0.05) is 6.92 Å². The number of hydrogen-bond acceptors (Lipinski definition) is 4. The lowest BCUT2D eigenvalue weighted by atomic mass is 10.1. The van der Waals surface area contributed by atoms with E-state index < -0.39 is 0 Å². The van der Waals surface area contributed by atoms with E-state index in [1.54, 1.807) is 24.5 Å². The lowest BCUT2D eigenvalue weighted by Gasteiger charge is -2.34. The van der Waals surface area contributed by atoms with E-state index in [2.05, 4.69) is 18.7 Å². The zero-order chi connectivity index (χ0) is 18.7. The van der Waals surface area contributed by atoms with E-state index in [4.69, 9.17) is 4.74 Å². The van der Waals surface area contributed by atoms with Gasteiger partial charge in [0.25, 0.3) is 5.91 Å². The fourth-order valence-corrected chi connectivity index (χ4v) is 4.43. The summed E-state index contributed by atoms with van der Waals surface area (Å²) in [4.78, 5) is 19.0. The highest BCUT2D eigenvalue weighted by Gasteiger charge is 2.24. The van der Waals surface area contributed by atoms with Crippen molar-refractivity contribution in [3.63, 3.8) is 0 Å². The molecular weight excluding hydrogens is 351 g/mol. The molecule has 0 bridgehead atoms. The number of piperazine rings is 1. The summed E-state index contributed by atoms with van der Waals surface area (Å²) in [6.45, 7) is 7.74. The van der Waals surface area contributed by atoms with Crippen molar-refractivity contribution in [3.05, 3.63) is 51.0 Å². The minimum Gasteiger partial charge on any atom is -0.496 e. The van der Waals surface area contributed by atoms with E-state index in [0.29, 0.717) is 25.4 Å². The monoisotopic (exact) mass is 376 g/mol. The molecule has 2 heterocycles. The molecule has 1 aliphatic heterocycles. The zero-order valence-electron chi connectivity index (χ0n) is 15.5. The first kappa shape index (κ1) is 18.9. The van der Waals surface area contributed by atoms with Crippen molar-refractivity contribution in [3.8, 4) is 5.75 Å². The molecule has 0 aliphatic carbocycles. The number of hydrogen-bond donors (Lipinski definition) is 0. The first-order chi connectivity index (χ1) is 12.5. The highest BCUT2D eigenvalue weighted by Crippen LogP contribution is 2.25. The van der Waals surface area contributed by atoms with Crippen molar-refractivity contribution in [1.82, 2.24) is 9.80 Å². The summed E-state index contributed by atoms with van der Waals surface area (Å²) in [5, 5.41) is 0. The third-order valence-electron chi connectivity index (χ3n) is 4.85. The number of nitrogens with zero attached hydrogens (tertiary/aromatic N) is 2. The minimum absolute atomic E-state index is 0.126. The fourth-order valence-electron chi connectivity index (χ4n) is 3.35. The Morgan fingerprint density at radius 1 is 1.23 bits per heavy atom. The molecule has 140 valence electrons. The maximum absolute atomic E-state index is 13.5. The number of carbonyl (C=O) groups excluding carboxylic acids is 1. The highest BCUT2D eigenvalue weighted by atomic mass is 32.1. The summed E-state index contributed by atoms with van der Waals surface area (Å²) >= 11 is 1.61. The summed E-state index contributed by atoms with van der Waals surface area (Å²) < 4.78 is 18.9. The van der Waals surface area contributed by atoms with Crippen LogP contribution in [-0.2, 0) is 13.0 Å². The number of ether oxygens (including phenoxy) is 1. The number of benzene rings is 1. The van der Waals surface area contributed by atoms with E-state index in [1.807, 2.05) is 11.0 Å². The Kier molecular flexibility index (Phi) is 5.94. The van der Waals surface area contributed by atoms with Gasteiger partial charge in [0.1, 0.15) is 11.6 Å². The molecule has 3 rings (SSSR count). The number of methoxy groups -OCH3 is 1. The zero-order valence-corrected chi connectivity index (χ0v) is 16.4. The van der Waals surface area contributed by atoms with E-state index in [-0.39, 0.29) is 11.7 Å². The molecule has 4 nitrogen and oxygen atoms in total. The van der Waals surface area contributed by atoms with Crippen LogP contribution >= 0.6 is 11.3 Å². The number of rotatable bonds is 5. The molecule has 0 radical (unpaired) electrons. The SMILES string of the molecule is CCc1sc(C(=O)N2CCN(Cc3cc(F)ccc3OC)CC2)cc1C. The lowest BCUT2D eigenvalue weighted by Crippen LogP contribution is -2.48. The Bertz CT molecular complexity index is 782. The van der Waals surface area contributed by atoms with Gasteiger partial charge >= 0.3 is 0 Å². The Balaban J connectivity index is 1.60. The summed E-state index contributed by atoms with van der Waals surface area (Å²) in [7, 11) is 1.60. The van der Waals surface area contributed by atoms with Gasteiger partial charge in [-0.15, -0.1) is 11.3 Å². The molecule has 0 N–H and O–H groups in total. The summed E-state index contributed by atoms with van der Waals surface area (Å²) in [6.07, 6.45) is 0.965. The standard InChI is InChI=1S/C20H25FN2O2S/c1-4-18-14(2)11-19(26-18)20(24)23-9-7-22(8-10-23)13-15-12-16(21)5-6-17(15)25-3/h5-6,11-12H,4,7-10,13H2,1-3H3. The number of halogens is 1. The van der Waals surface area contributed by atoms with Crippen molar-refractivity contribution < 1.29 is 13.9 Å². The second-order valence-electron chi connectivity index (χ2n) is 6.59. The summed E-state index contributed by atoms with van der Waals surface area (Å²) in [5.74, 6) is 0.571. The molecule has 0 saturated carbocycles. The Morgan fingerprint density at radius 3 is 2.58 bits per heavy atom. The molecule has 6 heteroatoms. The normalized spacial score (nSPS) is 15.3. The molecule has 1 aliphatic rings. The third kappa shape index (κ3) is 4.07. The topological polar surface area (TPSA) is 32.8 Å². The van der Waals surface area contributed by atoms with Gasteiger partial charge in [0.05, 0.1) is 12.0 Å². The smallest absolute Gasteiger partial charge is 0.264 e. The van der Waals surface area contributed by atoms with Crippen molar-refractivity contribution in [2.24, 2.45) is 0 Å². The van der Waals surface area contributed by atoms with E-state index in [0.717, 1.165) is 30.0 Å². The minimum atomic E-state index is -0.255. The van der Waals surface area contributed by atoms with E-state index in [1.165, 1.54) is 22.6 Å². The van der Waals surface area contributed by atoms with Gasteiger partial charge in [-0.3, -0.25) is 9.69 Å². The Labute approximate surface area is 158 Å². The van der Waals surface area contributed by atoms with Crippen LogP contribution in [0.25, 0.3) is 0 Å². The van der Waals surface area contributed by atoms with Gasteiger partial charge in [-0.05, 0) is 43.2 Å². The third-order valence-corrected chi connectivity index (χ3v) is 6.22. The molecule has 0 atom stereocenters. The van der Waals surface area contributed by atoms with Crippen LogP contribution in [0.3, 0.4) is 0 Å². The van der Waals surface area contributed by atoms with Crippen molar-refractivity contribution in [2.75, 3.05) is 33.3 Å². The highest BCUT2D eigenvalue weighted by molar-refractivity contribution is 7.14. The van der Waals surface area contributed by atoms with E-state index >= 15 is 0 Å². The van der Waals surface area contributed by atoms with Crippen LogP contribution in [-0.4, -0.2) is 49.0 Å². The van der Waals surface area contributed by atoms with Gasteiger partial charge in [-0.25, -0.2) is 4.39 Å². The molecule has 1 aromatic carbocycles. The van der Waals surface area contributed by atoms with Gasteiger partial charge in [0.15, 0.2) is 0 Å². The summed E-state index contributed by atoms with van der Waals surface area (Å²) in [5.41, 5.74) is 2.05. The second-order valence-corrected chi connectivity index (χ2v) is 7.73. The predicted molar refractivity (Wildman–Crippen MR) is 103 cm³/mol. The van der Waals surface area contributed by atoms with Crippen molar-refractivity contribution in [2.45, 2.75) is 26.8 Å². The number of thiophene rings is 1. The molecular formula is C20H25FN2O2S. The Hall–Kier alpha value is -1.92. The van der Waals surface area contributed by atoms with E-state index in [9.17, 15) is 9.18 Å². The molecule has 2 aromatic rings. The van der Waals surface area contributed by atoms with Crippen LogP contribution in [0.4, 0.5) is 4.39 Å². The quantitative estimate of drug-likeness (QED) is 0.797. The van der Waals surface area contributed by atoms with Crippen LogP contribution < -0.4 is 4.74 Å². The molecule has 1 saturated heterocycles. The van der Waals surface area contributed by atoms with Crippen LogP contribution in [0.15, 0.2) is 24.3 Å². The number of aryl methyl sites for hydroxylation is 2. The number of amides is 1. The van der Waals surface area contributed by atoms with Crippen molar-refractivity contribution in [1.29, 1.82) is 0 Å². The van der Waals surface area contributed by atoms with Gasteiger partial charge in [-0.2, -0.15) is 0 Å². The average molecular weight is 376 g/mol. The molecule has 1 amide bonds. The first-order valence-electron chi connectivity index (χ1n) is 8.95. The molecule has 0 unspecified atom stereocenters. The average Bonchev–Trinajstić information content (AvgIpc) is 3.03. The van der Waals surface area contributed by atoms with Crippen LogP contribution in [0.5, 0.6) is 5.75 Å². The molecule has 26 heavy (non-hydrogen) atoms. The maximum atomic E-state index is 13.5. The molecule has 0 spiro atoms. The number of carbonyl (C=O) groups is 1. The molecule has 1 fully saturated rings. The van der Waals surface area contributed by atoms with Gasteiger partial charge in [0.2, 0.25) is 0 Å². The fraction of sp³-hybridized carbons (Fsp3) is 0.450. The van der Waals surface area contributed by atoms with Crippen molar-refractivity contribution >= 4 is 17.2 Å². The second kappa shape index (κ2) is 8.18. The summed E-state index contributed by atoms with van der Waals surface area (Å²) in [6, 6.07) is 6.61. The first-order valence-corrected chi connectivity index (χ1v) is 9.76. The van der Waals surface area contributed by atoms with Crippen LogP contribution in [0.2, 0.25) is 0 Å².